The Morgan fingerprint density at radius 2 is 1.57 bits per heavy atom. The van der Waals surface area contributed by atoms with Gasteiger partial charge in [0.25, 0.3) is 0 Å². The van der Waals surface area contributed by atoms with Gasteiger partial charge in [-0.3, -0.25) is 0 Å². The zero-order valence-electron chi connectivity index (χ0n) is 10.6. The maximum absolute atomic E-state index is 13.6. The van der Waals surface area contributed by atoms with Gasteiger partial charge in [-0.2, -0.15) is 13.2 Å². The van der Waals surface area contributed by atoms with E-state index < -0.39 is 17.9 Å². The van der Waals surface area contributed by atoms with Crippen molar-refractivity contribution < 1.29 is 22.7 Å². The van der Waals surface area contributed by atoms with Crippen molar-refractivity contribution in [2.24, 2.45) is 0 Å². The monoisotopic (exact) mass is 293 g/mol. The van der Waals surface area contributed by atoms with E-state index in [0.717, 1.165) is 0 Å². The summed E-state index contributed by atoms with van der Waals surface area (Å²) in [6.07, 6.45) is -4.81. The molecule has 0 spiro atoms. The SMILES string of the molecule is O=C1O[C@@](c2ccccc2)(C(F)(F)F)Nc2ccccc21. The largest absolute Gasteiger partial charge is 0.453 e. The lowest BCUT2D eigenvalue weighted by Crippen LogP contribution is -2.54. The van der Waals surface area contributed by atoms with Crippen LogP contribution in [0.25, 0.3) is 0 Å². The topological polar surface area (TPSA) is 38.3 Å². The molecule has 0 saturated carbocycles. The van der Waals surface area contributed by atoms with Crippen molar-refractivity contribution in [1.29, 1.82) is 0 Å². The number of anilines is 1. The summed E-state index contributed by atoms with van der Waals surface area (Å²) in [4.78, 5) is 12.0. The number of benzene rings is 2. The van der Waals surface area contributed by atoms with Gasteiger partial charge in [0, 0.05) is 5.56 Å². The van der Waals surface area contributed by atoms with Crippen LogP contribution in [-0.4, -0.2) is 12.1 Å². The summed E-state index contributed by atoms with van der Waals surface area (Å²) in [5.74, 6) is -1.01. The van der Waals surface area contributed by atoms with E-state index in [9.17, 15) is 18.0 Å². The van der Waals surface area contributed by atoms with Gasteiger partial charge in [0.2, 0.25) is 0 Å². The molecule has 0 unspecified atom stereocenters. The molecule has 1 N–H and O–H groups in total. The number of alkyl halides is 3. The van der Waals surface area contributed by atoms with Crippen molar-refractivity contribution in [2.75, 3.05) is 5.32 Å². The maximum atomic E-state index is 13.6. The highest BCUT2D eigenvalue weighted by Gasteiger charge is 2.62. The van der Waals surface area contributed by atoms with Crippen LogP contribution >= 0.6 is 0 Å². The molecule has 0 aliphatic carbocycles. The van der Waals surface area contributed by atoms with E-state index >= 15 is 0 Å². The second kappa shape index (κ2) is 4.51. The molecule has 3 nitrogen and oxygen atoms in total. The van der Waals surface area contributed by atoms with Crippen LogP contribution in [0.2, 0.25) is 0 Å². The lowest BCUT2D eigenvalue weighted by molar-refractivity contribution is -0.254. The van der Waals surface area contributed by atoms with Gasteiger partial charge in [-0.05, 0) is 12.1 Å². The smallest absolute Gasteiger partial charge is 0.421 e. The molecule has 1 atom stereocenters. The fourth-order valence-electron chi connectivity index (χ4n) is 2.28. The van der Waals surface area contributed by atoms with E-state index in [1.807, 2.05) is 0 Å². The number of fused-ring (bicyclic) bond motifs is 1. The fourth-order valence-corrected chi connectivity index (χ4v) is 2.28. The Morgan fingerprint density at radius 1 is 0.952 bits per heavy atom. The molecule has 0 fully saturated rings. The number of halogens is 3. The summed E-state index contributed by atoms with van der Waals surface area (Å²) in [6, 6.07) is 13.0. The highest BCUT2D eigenvalue weighted by molar-refractivity contribution is 5.97. The van der Waals surface area contributed by atoms with E-state index in [1.165, 1.54) is 36.4 Å². The highest BCUT2D eigenvalue weighted by atomic mass is 19.4. The zero-order valence-corrected chi connectivity index (χ0v) is 10.6. The average molecular weight is 293 g/mol. The number of esters is 1. The van der Waals surface area contributed by atoms with Crippen LogP contribution in [0.3, 0.4) is 0 Å². The van der Waals surface area contributed by atoms with E-state index in [2.05, 4.69) is 5.32 Å². The molecule has 0 saturated heterocycles. The minimum atomic E-state index is -4.81. The predicted molar refractivity (Wildman–Crippen MR) is 69.7 cm³/mol. The lowest BCUT2D eigenvalue weighted by atomic mass is 9.98. The van der Waals surface area contributed by atoms with Crippen molar-refractivity contribution in [3.8, 4) is 0 Å². The normalized spacial score (nSPS) is 21.2. The number of hydrogen-bond acceptors (Lipinski definition) is 3. The van der Waals surface area contributed by atoms with E-state index in [-0.39, 0.29) is 16.8 Å². The molecule has 1 aliphatic rings. The molecule has 2 aromatic carbocycles. The van der Waals surface area contributed by atoms with Crippen molar-refractivity contribution in [3.05, 3.63) is 65.7 Å². The molecular formula is C15H10F3NO2. The molecule has 1 heterocycles. The molecule has 3 rings (SSSR count). The van der Waals surface area contributed by atoms with Gasteiger partial charge in [-0.15, -0.1) is 0 Å². The molecule has 108 valence electrons. The third kappa shape index (κ3) is 2.03. The molecule has 0 amide bonds. The van der Waals surface area contributed by atoms with Gasteiger partial charge in [-0.1, -0.05) is 42.5 Å². The van der Waals surface area contributed by atoms with Crippen LogP contribution in [0.4, 0.5) is 18.9 Å². The van der Waals surface area contributed by atoms with Crippen molar-refractivity contribution in [2.45, 2.75) is 11.9 Å². The van der Waals surface area contributed by atoms with E-state index in [0.29, 0.717) is 0 Å². The maximum Gasteiger partial charge on any atom is 0.453 e. The molecule has 0 radical (unpaired) electrons. The van der Waals surface area contributed by atoms with E-state index in [4.69, 9.17) is 4.74 Å². The van der Waals surface area contributed by atoms with Crippen LogP contribution in [-0.2, 0) is 10.5 Å². The lowest BCUT2D eigenvalue weighted by Gasteiger charge is -2.40. The first-order valence-electron chi connectivity index (χ1n) is 6.17. The number of ether oxygens (including phenoxy) is 1. The molecule has 21 heavy (non-hydrogen) atoms. The first-order valence-corrected chi connectivity index (χ1v) is 6.17. The summed E-state index contributed by atoms with van der Waals surface area (Å²) in [6.45, 7) is 0. The molecule has 2 aromatic rings. The second-order valence-corrected chi connectivity index (χ2v) is 4.61. The Bertz CT molecular complexity index is 685. The standard InChI is InChI=1S/C15H10F3NO2/c16-15(17,18)14(10-6-2-1-3-7-10)19-12-9-5-4-8-11(12)13(20)21-14/h1-9,19H/t14-/m0/s1. The van der Waals surface area contributed by atoms with Gasteiger partial charge in [0.05, 0.1) is 11.3 Å². The Morgan fingerprint density at radius 3 is 2.24 bits per heavy atom. The Balaban J connectivity index is 2.19. The summed E-state index contributed by atoms with van der Waals surface area (Å²) in [5.41, 5.74) is -2.89. The first kappa shape index (κ1) is 13.5. The molecular weight excluding hydrogens is 283 g/mol. The quantitative estimate of drug-likeness (QED) is 0.815. The summed E-state index contributed by atoms with van der Waals surface area (Å²) < 4.78 is 45.6. The Labute approximate surface area is 118 Å². The summed E-state index contributed by atoms with van der Waals surface area (Å²) >= 11 is 0. The minimum Gasteiger partial charge on any atom is -0.421 e. The van der Waals surface area contributed by atoms with Crippen LogP contribution in [0.15, 0.2) is 54.6 Å². The first-order chi connectivity index (χ1) is 9.94. The molecule has 1 aliphatic heterocycles. The third-order valence-electron chi connectivity index (χ3n) is 3.28. The van der Waals surface area contributed by atoms with Crippen molar-refractivity contribution >= 4 is 11.7 Å². The van der Waals surface area contributed by atoms with Gasteiger partial charge in [0.15, 0.2) is 0 Å². The second-order valence-electron chi connectivity index (χ2n) is 4.61. The van der Waals surface area contributed by atoms with Crippen LogP contribution in [0, 0.1) is 0 Å². The molecule has 6 heteroatoms. The minimum absolute atomic E-state index is 0.0771. The number of carbonyl (C=O) groups is 1. The number of rotatable bonds is 1. The summed E-state index contributed by atoms with van der Waals surface area (Å²) in [5, 5.41) is 2.33. The predicted octanol–water partition coefficient (Wildman–Crippen LogP) is 3.68. The van der Waals surface area contributed by atoms with Gasteiger partial charge in [0.1, 0.15) is 0 Å². The Kier molecular flexibility index (Phi) is 2.90. The number of nitrogens with one attached hydrogen (secondary N) is 1. The third-order valence-corrected chi connectivity index (χ3v) is 3.28. The van der Waals surface area contributed by atoms with E-state index in [1.54, 1.807) is 18.2 Å². The van der Waals surface area contributed by atoms with Crippen molar-refractivity contribution in [3.63, 3.8) is 0 Å². The van der Waals surface area contributed by atoms with Gasteiger partial charge >= 0.3 is 17.9 Å². The molecule has 0 bridgehead atoms. The highest BCUT2D eigenvalue weighted by Crippen LogP contribution is 2.46. The average Bonchev–Trinajstić information content (AvgIpc) is 2.47. The van der Waals surface area contributed by atoms with Crippen LogP contribution in [0.1, 0.15) is 15.9 Å². The zero-order chi connectivity index (χ0) is 15.1. The van der Waals surface area contributed by atoms with Crippen molar-refractivity contribution in [1.82, 2.24) is 0 Å². The fraction of sp³-hybridized carbons (Fsp3) is 0.133. The number of para-hydroxylation sites is 1. The Hall–Kier alpha value is -2.50. The number of cyclic esters (lactones) is 1. The molecule has 0 aromatic heterocycles. The number of hydrogen-bond donors (Lipinski definition) is 1. The van der Waals surface area contributed by atoms with Crippen LogP contribution < -0.4 is 5.32 Å². The van der Waals surface area contributed by atoms with Crippen LogP contribution in [0.5, 0.6) is 0 Å². The number of carbonyl (C=O) groups excluding carboxylic acids is 1. The summed E-state index contributed by atoms with van der Waals surface area (Å²) in [7, 11) is 0. The van der Waals surface area contributed by atoms with Gasteiger partial charge < -0.3 is 10.1 Å². The van der Waals surface area contributed by atoms with Gasteiger partial charge in [-0.25, -0.2) is 4.79 Å².